The van der Waals surface area contributed by atoms with Crippen molar-refractivity contribution in [3.63, 3.8) is 0 Å². The lowest BCUT2D eigenvalue weighted by molar-refractivity contribution is -0.138. The molecule has 2 amide bonds. The van der Waals surface area contributed by atoms with Crippen LogP contribution in [0.3, 0.4) is 0 Å². The van der Waals surface area contributed by atoms with Crippen molar-refractivity contribution in [3.8, 4) is 0 Å². The molecular weight excluding hydrogens is 260 g/mol. The Hall–Kier alpha value is -2.37. The van der Waals surface area contributed by atoms with Gasteiger partial charge in [-0.05, 0) is 18.2 Å². The van der Waals surface area contributed by atoms with E-state index in [4.69, 9.17) is 5.11 Å². The topological polar surface area (TPSA) is 95.5 Å². The molecule has 1 rings (SSSR count). The highest BCUT2D eigenvalue weighted by atomic mass is 16.4. The fourth-order valence-electron chi connectivity index (χ4n) is 1.41. The highest BCUT2D eigenvalue weighted by Gasteiger charge is 2.09. The van der Waals surface area contributed by atoms with Gasteiger partial charge in [-0.2, -0.15) is 0 Å². The molecule has 0 fully saturated rings. The van der Waals surface area contributed by atoms with Crippen LogP contribution < -0.4 is 10.6 Å². The van der Waals surface area contributed by atoms with E-state index in [0.29, 0.717) is 11.4 Å². The summed E-state index contributed by atoms with van der Waals surface area (Å²) < 4.78 is 0. The van der Waals surface area contributed by atoms with Crippen molar-refractivity contribution < 1.29 is 19.5 Å². The number of anilines is 2. The maximum absolute atomic E-state index is 11.6. The molecule has 6 heteroatoms. The molecule has 0 aliphatic rings. The molecule has 0 saturated carbocycles. The van der Waals surface area contributed by atoms with Gasteiger partial charge in [0.25, 0.3) is 0 Å². The Morgan fingerprint density at radius 2 is 1.70 bits per heavy atom. The van der Waals surface area contributed by atoms with Crippen LogP contribution in [0, 0.1) is 5.92 Å². The lowest BCUT2D eigenvalue weighted by Crippen LogP contribution is -2.18. The van der Waals surface area contributed by atoms with E-state index in [1.807, 2.05) is 0 Å². The molecule has 0 spiro atoms. The smallest absolute Gasteiger partial charge is 0.303 e. The van der Waals surface area contributed by atoms with Crippen molar-refractivity contribution in [1.29, 1.82) is 0 Å². The molecule has 0 aromatic heterocycles. The van der Waals surface area contributed by atoms with Crippen molar-refractivity contribution in [2.75, 3.05) is 10.6 Å². The van der Waals surface area contributed by atoms with Gasteiger partial charge in [0, 0.05) is 23.7 Å². The van der Waals surface area contributed by atoms with E-state index in [9.17, 15) is 14.4 Å². The minimum atomic E-state index is -1.02. The fourth-order valence-corrected chi connectivity index (χ4v) is 1.41. The molecular formula is C14H18N2O4. The summed E-state index contributed by atoms with van der Waals surface area (Å²) in [6.45, 7) is 3.57. The fraction of sp³-hybridized carbons (Fsp3) is 0.357. The molecule has 1 aromatic carbocycles. The molecule has 108 valence electrons. The average Bonchev–Trinajstić information content (AvgIpc) is 2.36. The summed E-state index contributed by atoms with van der Waals surface area (Å²) in [5, 5.41) is 13.8. The quantitative estimate of drug-likeness (QED) is 0.742. The molecule has 20 heavy (non-hydrogen) atoms. The second-order valence-electron chi connectivity index (χ2n) is 4.67. The van der Waals surface area contributed by atoms with Crippen molar-refractivity contribution in [2.45, 2.75) is 26.7 Å². The number of carboxylic acid groups (broad SMARTS) is 1. The summed E-state index contributed by atoms with van der Waals surface area (Å²) >= 11 is 0. The molecule has 0 saturated heterocycles. The monoisotopic (exact) mass is 278 g/mol. The van der Waals surface area contributed by atoms with Gasteiger partial charge in [-0.15, -0.1) is 0 Å². The van der Waals surface area contributed by atoms with Gasteiger partial charge in [0.2, 0.25) is 11.8 Å². The maximum Gasteiger partial charge on any atom is 0.303 e. The zero-order valence-corrected chi connectivity index (χ0v) is 11.5. The van der Waals surface area contributed by atoms with Crippen LogP contribution in [-0.2, 0) is 14.4 Å². The van der Waals surface area contributed by atoms with E-state index in [-0.39, 0.29) is 30.6 Å². The number of carbonyl (C=O) groups excluding carboxylic acids is 2. The number of aliphatic carboxylic acids is 1. The van der Waals surface area contributed by atoms with E-state index < -0.39 is 5.97 Å². The van der Waals surface area contributed by atoms with Gasteiger partial charge in [-0.3, -0.25) is 14.4 Å². The van der Waals surface area contributed by atoms with Gasteiger partial charge < -0.3 is 15.7 Å². The van der Waals surface area contributed by atoms with Crippen LogP contribution in [0.15, 0.2) is 24.3 Å². The molecule has 0 aliphatic heterocycles. The number of benzene rings is 1. The van der Waals surface area contributed by atoms with Crippen LogP contribution in [0.4, 0.5) is 11.4 Å². The third-order valence-electron chi connectivity index (χ3n) is 2.50. The Balaban J connectivity index is 2.61. The zero-order valence-electron chi connectivity index (χ0n) is 11.5. The summed E-state index contributed by atoms with van der Waals surface area (Å²) in [4.78, 5) is 33.4. The normalized spacial score (nSPS) is 10.2. The summed E-state index contributed by atoms with van der Waals surface area (Å²) in [7, 11) is 0. The van der Waals surface area contributed by atoms with Gasteiger partial charge in [-0.25, -0.2) is 0 Å². The number of hydrogen-bond donors (Lipinski definition) is 3. The van der Waals surface area contributed by atoms with Crippen molar-refractivity contribution in [1.82, 2.24) is 0 Å². The molecule has 1 aromatic rings. The zero-order chi connectivity index (χ0) is 15.1. The Morgan fingerprint density at radius 1 is 1.10 bits per heavy atom. The molecule has 0 aliphatic carbocycles. The largest absolute Gasteiger partial charge is 0.481 e. The van der Waals surface area contributed by atoms with Gasteiger partial charge >= 0.3 is 5.97 Å². The van der Waals surface area contributed by atoms with Crippen LogP contribution in [0.25, 0.3) is 0 Å². The minimum Gasteiger partial charge on any atom is -0.481 e. The second kappa shape index (κ2) is 7.28. The van der Waals surface area contributed by atoms with Gasteiger partial charge in [0.15, 0.2) is 0 Å². The minimum absolute atomic E-state index is 0.0854. The predicted octanol–water partition coefficient (Wildman–Crippen LogP) is 2.08. The summed E-state index contributed by atoms with van der Waals surface area (Å²) in [5.41, 5.74) is 1.10. The maximum atomic E-state index is 11.6. The Bertz CT molecular complexity index is 512. The number of amides is 2. The van der Waals surface area contributed by atoms with Gasteiger partial charge in [-0.1, -0.05) is 19.9 Å². The summed E-state index contributed by atoms with van der Waals surface area (Å²) in [6, 6.07) is 6.71. The average molecular weight is 278 g/mol. The highest BCUT2D eigenvalue weighted by Crippen LogP contribution is 2.16. The lowest BCUT2D eigenvalue weighted by Gasteiger charge is -2.10. The highest BCUT2D eigenvalue weighted by molar-refractivity contribution is 5.95. The van der Waals surface area contributed by atoms with Crippen molar-refractivity contribution in [2.24, 2.45) is 5.92 Å². The number of rotatable bonds is 6. The van der Waals surface area contributed by atoms with E-state index >= 15 is 0 Å². The second-order valence-corrected chi connectivity index (χ2v) is 4.67. The van der Waals surface area contributed by atoms with E-state index in [2.05, 4.69) is 10.6 Å². The Kier molecular flexibility index (Phi) is 5.71. The van der Waals surface area contributed by atoms with Crippen LogP contribution in [0.2, 0.25) is 0 Å². The molecule has 3 N–H and O–H groups in total. The predicted molar refractivity (Wildman–Crippen MR) is 75.4 cm³/mol. The molecule has 0 atom stereocenters. The van der Waals surface area contributed by atoms with Crippen molar-refractivity contribution >= 4 is 29.2 Å². The Labute approximate surface area is 117 Å². The first-order valence-electron chi connectivity index (χ1n) is 6.31. The SMILES string of the molecule is CC(C)C(=O)Nc1cccc(NC(=O)CCC(=O)O)c1. The molecule has 0 radical (unpaired) electrons. The van der Waals surface area contributed by atoms with Gasteiger partial charge in [0.1, 0.15) is 0 Å². The third kappa shape index (κ3) is 5.51. The van der Waals surface area contributed by atoms with E-state index in [1.54, 1.807) is 38.1 Å². The van der Waals surface area contributed by atoms with E-state index in [1.165, 1.54) is 0 Å². The van der Waals surface area contributed by atoms with Crippen LogP contribution in [-0.4, -0.2) is 22.9 Å². The number of hydrogen-bond acceptors (Lipinski definition) is 3. The van der Waals surface area contributed by atoms with Crippen LogP contribution in [0.5, 0.6) is 0 Å². The lowest BCUT2D eigenvalue weighted by atomic mass is 10.2. The molecule has 0 heterocycles. The number of nitrogens with one attached hydrogen (secondary N) is 2. The van der Waals surface area contributed by atoms with Crippen molar-refractivity contribution in [3.05, 3.63) is 24.3 Å². The summed E-state index contributed by atoms with van der Waals surface area (Å²) in [5.74, 6) is -1.64. The third-order valence-corrected chi connectivity index (χ3v) is 2.50. The van der Waals surface area contributed by atoms with E-state index in [0.717, 1.165) is 0 Å². The first kappa shape index (κ1) is 15.7. The molecule has 6 nitrogen and oxygen atoms in total. The summed E-state index contributed by atoms with van der Waals surface area (Å²) in [6.07, 6.45) is -0.298. The van der Waals surface area contributed by atoms with Crippen LogP contribution >= 0.6 is 0 Å². The standard InChI is InChI=1S/C14H18N2O4/c1-9(2)14(20)16-11-5-3-4-10(8-11)15-12(17)6-7-13(18)19/h3-5,8-9H,6-7H2,1-2H3,(H,15,17)(H,16,20)(H,18,19). The molecule has 0 unspecified atom stereocenters. The first-order chi connectivity index (χ1) is 9.38. The Morgan fingerprint density at radius 3 is 2.25 bits per heavy atom. The van der Waals surface area contributed by atoms with Gasteiger partial charge in [0.05, 0.1) is 6.42 Å². The number of carboxylic acids is 1. The number of carbonyl (C=O) groups is 3. The van der Waals surface area contributed by atoms with Crippen LogP contribution in [0.1, 0.15) is 26.7 Å². The molecule has 0 bridgehead atoms. The first-order valence-corrected chi connectivity index (χ1v) is 6.31.